The normalized spacial score (nSPS) is 12.2. The van der Waals surface area contributed by atoms with Crippen molar-refractivity contribution in [2.45, 2.75) is 20.8 Å². The van der Waals surface area contributed by atoms with E-state index in [4.69, 9.17) is 0 Å². The number of hydrogen-bond donors (Lipinski definition) is 0. The average molecular weight is 189 g/mol. The van der Waals surface area contributed by atoms with Gasteiger partial charge in [-0.15, -0.1) is 0 Å². The van der Waals surface area contributed by atoms with Crippen LogP contribution < -0.4 is 0 Å². The molecule has 2 nitrogen and oxygen atoms in total. The fourth-order valence-electron chi connectivity index (χ4n) is 1.39. The van der Waals surface area contributed by atoms with Gasteiger partial charge >= 0.3 is 0 Å². The van der Waals surface area contributed by atoms with Gasteiger partial charge in [0.15, 0.2) is 5.71 Å². The molecule has 0 unspecified atom stereocenters. The topological polar surface area (TPSA) is 26.1 Å². The summed E-state index contributed by atoms with van der Waals surface area (Å²) in [5, 5.41) is 11.8. The third kappa shape index (κ3) is 1.84. The maximum atomic E-state index is 11.8. The number of para-hydroxylation sites is 1. The zero-order chi connectivity index (χ0) is 10.7. The Labute approximate surface area is 84.8 Å². The Morgan fingerprint density at radius 1 is 1.36 bits per heavy atom. The standard InChI is InChI=1S/C12H15NO/c1-5-11(4)13(14)12-9(2)7-6-8-10(12)3/h5-8H,1H2,2-4H3/b13-11-. The molecular weight excluding hydrogens is 174 g/mol. The van der Waals surface area contributed by atoms with Crippen molar-refractivity contribution in [2.24, 2.45) is 0 Å². The molecular formula is C12H15NO. The van der Waals surface area contributed by atoms with Crippen molar-refractivity contribution in [2.75, 3.05) is 0 Å². The molecule has 74 valence electrons. The Morgan fingerprint density at radius 2 is 1.86 bits per heavy atom. The maximum absolute atomic E-state index is 11.8. The molecule has 0 bridgehead atoms. The third-order valence-corrected chi connectivity index (χ3v) is 2.26. The minimum Gasteiger partial charge on any atom is -0.618 e. The first-order valence-corrected chi connectivity index (χ1v) is 4.57. The predicted molar refractivity (Wildman–Crippen MR) is 60.1 cm³/mol. The number of hydrogen-bond acceptors (Lipinski definition) is 1. The van der Waals surface area contributed by atoms with E-state index in [9.17, 15) is 5.21 Å². The quantitative estimate of drug-likeness (QED) is 0.304. The van der Waals surface area contributed by atoms with E-state index in [1.54, 1.807) is 13.0 Å². The largest absolute Gasteiger partial charge is 0.618 e. The third-order valence-electron chi connectivity index (χ3n) is 2.26. The van der Waals surface area contributed by atoms with Gasteiger partial charge in [-0.25, -0.2) is 0 Å². The number of rotatable bonds is 2. The Kier molecular flexibility index (Phi) is 3.07. The summed E-state index contributed by atoms with van der Waals surface area (Å²) in [5.41, 5.74) is 3.31. The highest BCUT2D eigenvalue weighted by atomic mass is 16.5. The molecule has 1 aromatic rings. The van der Waals surface area contributed by atoms with Crippen LogP contribution in [0.1, 0.15) is 18.1 Å². The second kappa shape index (κ2) is 4.09. The number of benzene rings is 1. The van der Waals surface area contributed by atoms with Gasteiger partial charge in [-0.2, -0.15) is 4.74 Å². The molecule has 0 N–H and O–H groups in total. The van der Waals surface area contributed by atoms with Crippen LogP contribution in [0.3, 0.4) is 0 Å². The molecule has 0 aliphatic carbocycles. The molecule has 0 aliphatic rings. The molecule has 14 heavy (non-hydrogen) atoms. The lowest BCUT2D eigenvalue weighted by Gasteiger charge is -2.10. The molecule has 1 rings (SSSR count). The van der Waals surface area contributed by atoms with Crippen LogP contribution in [0.4, 0.5) is 5.69 Å². The van der Waals surface area contributed by atoms with E-state index >= 15 is 0 Å². The van der Waals surface area contributed by atoms with Crippen LogP contribution in [0.25, 0.3) is 0 Å². The molecule has 0 fully saturated rings. The van der Waals surface area contributed by atoms with Gasteiger partial charge in [-0.05, 0) is 19.9 Å². The van der Waals surface area contributed by atoms with Crippen LogP contribution in [0, 0.1) is 19.1 Å². The van der Waals surface area contributed by atoms with Crippen molar-refractivity contribution in [1.29, 1.82) is 0 Å². The molecule has 1 aromatic carbocycles. The fourth-order valence-corrected chi connectivity index (χ4v) is 1.39. The molecule has 0 aliphatic heterocycles. The lowest BCUT2D eigenvalue weighted by atomic mass is 10.1. The summed E-state index contributed by atoms with van der Waals surface area (Å²) in [6, 6.07) is 5.82. The summed E-state index contributed by atoms with van der Waals surface area (Å²) in [4.78, 5) is 0. The van der Waals surface area contributed by atoms with Gasteiger partial charge in [-0.1, -0.05) is 24.8 Å². The van der Waals surface area contributed by atoms with Crippen molar-refractivity contribution in [3.8, 4) is 0 Å². The van der Waals surface area contributed by atoms with Gasteiger partial charge in [0, 0.05) is 18.1 Å². The van der Waals surface area contributed by atoms with E-state index in [-0.39, 0.29) is 0 Å². The van der Waals surface area contributed by atoms with Crippen molar-refractivity contribution >= 4 is 11.4 Å². The van der Waals surface area contributed by atoms with Crippen LogP contribution in [0.15, 0.2) is 30.9 Å². The lowest BCUT2D eigenvalue weighted by Crippen LogP contribution is -2.07. The summed E-state index contributed by atoms with van der Waals surface area (Å²) in [6.07, 6.45) is 1.57. The predicted octanol–water partition coefficient (Wildman–Crippen LogP) is 3.09. The molecule has 0 aromatic heterocycles. The van der Waals surface area contributed by atoms with Crippen LogP contribution >= 0.6 is 0 Å². The van der Waals surface area contributed by atoms with Crippen molar-refractivity contribution < 1.29 is 4.74 Å². The zero-order valence-corrected chi connectivity index (χ0v) is 8.87. The van der Waals surface area contributed by atoms with Crippen LogP contribution in [0.5, 0.6) is 0 Å². The highest BCUT2D eigenvalue weighted by Crippen LogP contribution is 2.22. The number of aryl methyl sites for hydroxylation is 2. The molecule has 2 heteroatoms. The average Bonchev–Trinajstić information content (AvgIpc) is 2.16. The first-order valence-electron chi connectivity index (χ1n) is 4.57. The van der Waals surface area contributed by atoms with E-state index in [1.807, 2.05) is 32.0 Å². The summed E-state index contributed by atoms with van der Waals surface area (Å²) < 4.78 is 0.928. The summed E-state index contributed by atoms with van der Waals surface area (Å²) in [5.74, 6) is 0. The molecule has 0 spiro atoms. The fraction of sp³-hybridized carbons (Fsp3) is 0.250. The molecule has 0 atom stereocenters. The Morgan fingerprint density at radius 3 is 2.29 bits per heavy atom. The van der Waals surface area contributed by atoms with Crippen molar-refractivity contribution in [3.63, 3.8) is 0 Å². The van der Waals surface area contributed by atoms with Gasteiger partial charge in [0.1, 0.15) is 0 Å². The van der Waals surface area contributed by atoms with Gasteiger partial charge in [0.05, 0.1) is 0 Å². The first-order chi connectivity index (χ1) is 6.57. The Balaban J connectivity index is 3.39. The van der Waals surface area contributed by atoms with Gasteiger partial charge in [0.2, 0.25) is 5.69 Å². The van der Waals surface area contributed by atoms with Crippen molar-refractivity contribution in [1.82, 2.24) is 0 Å². The highest BCUT2D eigenvalue weighted by molar-refractivity contribution is 5.89. The SMILES string of the molecule is C=C/C(C)=[N+](\[O-])c1c(C)cccc1C. The van der Waals surface area contributed by atoms with E-state index in [2.05, 4.69) is 6.58 Å². The van der Waals surface area contributed by atoms with Crippen LogP contribution in [0.2, 0.25) is 0 Å². The summed E-state index contributed by atoms with van der Waals surface area (Å²) in [7, 11) is 0. The molecule has 0 saturated heterocycles. The Bertz CT molecular complexity index is 371. The molecule has 0 saturated carbocycles. The van der Waals surface area contributed by atoms with Crippen molar-refractivity contribution in [3.05, 3.63) is 47.2 Å². The number of nitrogens with zero attached hydrogens (tertiary/aromatic N) is 1. The van der Waals surface area contributed by atoms with E-state index in [0.717, 1.165) is 21.6 Å². The zero-order valence-electron chi connectivity index (χ0n) is 8.87. The van der Waals surface area contributed by atoms with Crippen LogP contribution in [-0.2, 0) is 0 Å². The smallest absolute Gasteiger partial charge is 0.222 e. The second-order valence-electron chi connectivity index (χ2n) is 3.38. The van der Waals surface area contributed by atoms with E-state index in [0.29, 0.717) is 5.71 Å². The molecule has 0 heterocycles. The monoisotopic (exact) mass is 189 g/mol. The van der Waals surface area contributed by atoms with Crippen LogP contribution in [-0.4, -0.2) is 10.5 Å². The summed E-state index contributed by atoms with van der Waals surface area (Å²) in [6.45, 7) is 9.21. The first kappa shape index (κ1) is 10.5. The van der Waals surface area contributed by atoms with Gasteiger partial charge in [-0.3, -0.25) is 0 Å². The molecule has 0 amide bonds. The second-order valence-corrected chi connectivity index (χ2v) is 3.38. The Hall–Kier alpha value is -1.57. The van der Waals surface area contributed by atoms with E-state index in [1.165, 1.54) is 0 Å². The number of allylic oxidation sites excluding steroid dienone is 1. The minimum atomic E-state index is 0.613. The maximum Gasteiger partial charge on any atom is 0.222 e. The highest BCUT2D eigenvalue weighted by Gasteiger charge is 2.11. The lowest BCUT2D eigenvalue weighted by molar-refractivity contribution is -0.361. The minimum absolute atomic E-state index is 0.613. The van der Waals surface area contributed by atoms with Gasteiger partial charge < -0.3 is 5.21 Å². The van der Waals surface area contributed by atoms with E-state index < -0.39 is 0 Å². The van der Waals surface area contributed by atoms with Gasteiger partial charge in [0.25, 0.3) is 0 Å². The summed E-state index contributed by atoms with van der Waals surface area (Å²) >= 11 is 0. The molecule has 0 radical (unpaired) electrons.